The summed E-state index contributed by atoms with van der Waals surface area (Å²) in [5.74, 6) is 0.832. The lowest BCUT2D eigenvalue weighted by Gasteiger charge is -2.19. The molecule has 2 nitrogen and oxygen atoms in total. The summed E-state index contributed by atoms with van der Waals surface area (Å²) in [7, 11) is 0. The zero-order valence-electron chi connectivity index (χ0n) is 7.51. The molecule has 0 aliphatic carbocycles. The van der Waals surface area contributed by atoms with Gasteiger partial charge in [0.05, 0.1) is 0 Å². The first kappa shape index (κ1) is 11.3. The van der Waals surface area contributed by atoms with Crippen LogP contribution in [-0.4, -0.2) is 22.1 Å². The molecule has 0 rings (SSSR count). The molecule has 0 aromatic heterocycles. The second-order valence-electron chi connectivity index (χ2n) is 2.69. The first-order valence-corrected chi connectivity index (χ1v) is 5.71. The van der Waals surface area contributed by atoms with Crippen LogP contribution in [0.25, 0.3) is 0 Å². The van der Waals surface area contributed by atoms with Gasteiger partial charge in [-0.1, -0.05) is 25.0 Å². The van der Waals surface area contributed by atoms with E-state index in [1.54, 1.807) is 0 Å². The first-order chi connectivity index (χ1) is 5.26. The quantitative estimate of drug-likeness (QED) is 0.621. The third-order valence-corrected chi connectivity index (χ3v) is 3.84. The van der Waals surface area contributed by atoms with Crippen LogP contribution in [0.3, 0.4) is 0 Å². The van der Waals surface area contributed by atoms with Gasteiger partial charge in [0.25, 0.3) is 0 Å². The van der Waals surface area contributed by atoms with Gasteiger partial charge in [-0.2, -0.15) is 0 Å². The van der Waals surface area contributed by atoms with Crippen molar-refractivity contribution in [2.45, 2.75) is 38.4 Å². The van der Waals surface area contributed by atoms with Crippen molar-refractivity contribution in [2.75, 3.05) is 12.3 Å². The lowest BCUT2D eigenvalue weighted by molar-refractivity contribution is 0.565. The summed E-state index contributed by atoms with van der Waals surface area (Å²) < 4.78 is 11.4. The van der Waals surface area contributed by atoms with E-state index < -0.39 is 11.2 Å². The average Bonchev–Trinajstić information content (AvgIpc) is 2.00. The first-order valence-electron chi connectivity index (χ1n) is 4.33. The topological polar surface area (TPSA) is 49.1 Å². The Morgan fingerprint density at radius 2 is 2.09 bits per heavy atom. The fourth-order valence-corrected chi connectivity index (χ4v) is 2.58. The van der Waals surface area contributed by atoms with Crippen LogP contribution < -0.4 is 5.73 Å². The van der Waals surface area contributed by atoms with Crippen molar-refractivity contribution in [2.24, 2.45) is 5.73 Å². The molecule has 0 spiro atoms. The second-order valence-corrected chi connectivity index (χ2v) is 4.53. The number of rotatable bonds is 6. The van der Waals surface area contributed by atoms with Crippen LogP contribution in [0.1, 0.15) is 33.1 Å². The minimum Gasteiger partial charge on any atom is -0.616 e. The maximum atomic E-state index is 11.4. The molecule has 2 atom stereocenters. The Morgan fingerprint density at radius 1 is 1.45 bits per heavy atom. The highest BCUT2D eigenvalue weighted by Crippen LogP contribution is 2.11. The molecular weight excluding hydrogens is 158 g/mol. The molecular formula is C8H19NOS. The van der Waals surface area contributed by atoms with E-state index in [0.29, 0.717) is 11.8 Å². The third kappa shape index (κ3) is 4.67. The maximum absolute atomic E-state index is 11.4. The number of hydrogen-bond donors (Lipinski definition) is 1. The SMILES string of the molecule is CCC[S+]([O-])C(CC)CCN. The molecule has 0 saturated carbocycles. The second kappa shape index (κ2) is 6.95. The molecule has 68 valence electrons. The van der Waals surface area contributed by atoms with Gasteiger partial charge in [-0.15, -0.1) is 0 Å². The van der Waals surface area contributed by atoms with E-state index in [-0.39, 0.29) is 0 Å². The maximum Gasteiger partial charge on any atom is 0.116 e. The Morgan fingerprint density at radius 3 is 2.45 bits per heavy atom. The molecule has 0 bridgehead atoms. The average molecular weight is 177 g/mol. The molecule has 0 heterocycles. The fraction of sp³-hybridized carbons (Fsp3) is 1.00. The third-order valence-electron chi connectivity index (χ3n) is 1.72. The van der Waals surface area contributed by atoms with E-state index in [0.717, 1.165) is 25.0 Å². The molecule has 3 heteroatoms. The molecule has 0 aromatic carbocycles. The minimum absolute atomic E-state index is 0.333. The minimum atomic E-state index is -0.638. The summed E-state index contributed by atoms with van der Waals surface area (Å²) >= 11 is -0.638. The highest BCUT2D eigenvalue weighted by Gasteiger charge is 2.17. The van der Waals surface area contributed by atoms with Gasteiger partial charge in [0.1, 0.15) is 11.0 Å². The Balaban J connectivity index is 3.61. The molecule has 2 unspecified atom stereocenters. The van der Waals surface area contributed by atoms with Crippen molar-refractivity contribution in [3.8, 4) is 0 Å². The highest BCUT2D eigenvalue weighted by atomic mass is 32.2. The summed E-state index contributed by atoms with van der Waals surface area (Å²) in [6.07, 6.45) is 2.90. The molecule has 11 heavy (non-hydrogen) atoms. The van der Waals surface area contributed by atoms with Crippen molar-refractivity contribution in [3.63, 3.8) is 0 Å². The molecule has 0 aromatic rings. The van der Waals surface area contributed by atoms with Crippen molar-refractivity contribution in [3.05, 3.63) is 0 Å². The van der Waals surface area contributed by atoms with Crippen LogP contribution in [0.15, 0.2) is 0 Å². The molecule has 0 aliphatic heterocycles. The van der Waals surface area contributed by atoms with Gasteiger partial charge in [-0.25, -0.2) is 0 Å². The van der Waals surface area contributed by atoms with Gasteiger partial charge >= 0.3 is 0 Å². The Kier molecular flexibility index (Phi) is 7.12. The van der Waals surface area contributed by atoms with E-state index in [9.17, 15) is 4.55 Å². The van der Waals surface area contributed by atoms with Crippen molar-refractivity contribution in [1.82, 2.24) is 0 Å². The Hall–Kier alpha value is 0.270. The predicted molar refractivity (Wildman–Crippen MR) is 51.1 cm³/mol. The number of hydrogen-bond acceptors (Lipinski definition) is 2. The summed E-state index contributed by atoms with van der Waals surface area (Å²) in [5.41, 5.74) is 5.40. The standard InChI is InChI=1S/C8H19NOS/c1-3-7-11(10)8(4-2)5-6-9/h8H,3-7,9H2,1-2H3. The van der Waals surface area contributed by atoms with Crippen LogP contribution in [-0.2, 0) is 11.2 Å². The van der Waals surface area contributed by atoms with Crippen LogP contribution in [0.2, 0.25) is 0 Å². The lowest BCUT2D eigenvalue weighted by Crippen LogP contribution is -2.25. The zero-order valence-corrected chi connectivity index (χ0v) is 8.32. The van der Waals surface area contributed by atoms with Crippen LogP contribution >= 0.6 is 0 Å². The largest absolute Gasteiger partial charge is 0.616 e. The van der Waals surface area contributed by atoms with Crippen LogP contribution in [0.5, 0.6) is 0 Å². The van der Waals surface area contributed by atoms with Crippen molar-refractivity contribution >= 4 is 11.2 Å². The summed E-state index contributed by atoms with van der Waals surface area (Å²) in [6.45, 7) is 4.80. The van der Waals surface area contributed by atoms with Gasteiger partial charge in [0.15, 0.2) is 0 Å². The molecule has 0 saturated heterocycles. The van der Waals surface area contributed by atoms with E-state index in [1.807, 2.05) is 0 Å². The Bertz CT molecular complexity index is 90.2. The van der Waals surface area contributed by atoms with Crippen LogP contribution in [0, 0.1) is 0 Å². The summed E-state index contributed by atoms with van der Waals surface area (Å²) in [4.78, 5) is 0. The monoisotopic (exact) mass is 177 g/mol. The molecule has 0 fully saturated rings. The summed E-state index contributed by atoms with van der Waals surface area (Å²) in [6, 6.07) is 0. The highest BCUT2D eigenvalue weighted by molar-refractivity contribution is 7.92. The van der Waals surface area contributed by atoms with Gasteiger partial charge in [0.2, 0.25) is 0 Å². The van der Waals surface area contributed by atoms with Gasteiger partial charge in [-0.05, 0) is 19.4 Å². The molecule has 2 N–H and O–H groups in total. The molecule has 0 radical (unpaired) electrons. The van der Waals surface area contributed by atoms with Crippen LogP contribution in [0.4, 0.5) is 0 Å². The normalized spacial score (nSPS) is 16.4. The van der Waals surface area contributed by atoms with Crippen molar-refractivity contribution in [1.29, 1.82) is 0 Å². The smallest absolute Gasteiger partial charge is 0.116 e. The lowest BCUT2D eigenvalue weighted by atomic mass is 10.2. The van der Waals surface area contributed by atoms with Crippen molar-refractivity contribution < 1.29 is 4.55 Å². The van der Waals surface area contributed by atoms with E-state index in [2.05, 4.69) is 13.8 Å². The van der Waals surface area contributed by atoms with E-state index in [1.165, 1.54) is 0 Å². The van der Waals surface area contributed by atoms with E-state index >= 15 is 0 Å². The van der Waals surface area contributed by atoms with Gasteiger partial charge < -0.3 is 10.3 Å². The molecule has 0 amide bonds. The fourth-order valence-electron chi connectivity index (χ4n) is 1.08. The predicted octanol–water partition coefficient (Wildman–Crippen LogP) is 1.27. The molecule has 0 aliphatic rings. The number of nitrogens with two attached hydrogens (primary N) is 1. The van der Waals surface area contributed by atoms with Gasteiger partial charge in [0, 0.05) is 6.42 Å². The zero-order chi connectivity index (χ0) is 8.69. The Labute approximate surface area is 72.7 Å². The van der Waals surface area contributed by atoms with Gasteiger partial charge in [-0.3, -0.25) is 0 Å². The van der Waals surface area contributed by atoms with E-state index in [4.69, 9.17) is 5.73 Å². The summed E-state index contributed by atoms with van der Waals surface area (Å²) in [5, 5.41) is 0.333.